The molecule has 4 rings (SSSR count). The molecule has 3 aromatic rings. The normalized spacial score (nSPS) is 14.7. The second-order valence-electron chi connectivity index (χ2n) is 7.39. The van der Waals surface area contributed by atoms with E-state index in [0.29, 0.717) is 18.8 Å². The topological polar surface area (TPSA) is 74.4 Å². The minimum Gasteiger partial charge on any atom is -0.496 e. The Morgan fingerprint density at radius 1 is 1.10 bits per heavy atom. The molecule has 6 nitrogen and oxygen atoms in total. The van der Waals surface area contributed by atoms with Gasteiger partial charge in [-0.15, -0.1) is 0 Å². The molecule has 6 heteroatoms. The fourth-order valence-corrected chi connectivity index (χ4v) is 3.89. The van der Waals surface area contributed by atoms with Gasteiger partial charge in [-0.2, -0.15) is 0 Å². The van der Waals surface area contributed by atoms with Crippen molar-refractivity contribution in [2.75, 3.05) is 20.2 Å². The highest BCUT2D eigenvalue weighted by Gasteiger charge is 2.25. The van der Waals surface area contributed by atoms with Crippen LogP contribution in [0.3, 0.4) is 0 Å². The van der Waals surface area contributed by atoms with Crippen LogP contribution in [0.2, 0.25) is 0 Å². The Kier molecular flexibility index (Phi) is 5.51. The first-order valence-electron chi connectivity index (χ1n) is 9.92. The zero-order valence-corrected chi connectivity index (χ0v) is 16.5. The molecule has 0 aliphatic carbocycles. The molecule has 2 amide bonds. The number of carbonyl (C=O) groups is 2. The van der Waals surface area contributed by atoms with E-state index in [0.717, 1.165) is 35.1 Å². The molecule has 150 valence electrons. The number of piperidine rings is 1. The first-order chi connectivity index (χ1) is 14.1. The Hall–Kier alpha value is -3.28. The third kappa shape index (κ3) is 4.26. The summed E-state index contributed by atoms with van der Waals surface area (Å²) in [6, 6.07) is 17.4. The van der Waals surface area contributed by atoms with E-state index in [1.807, 2.05) is 59.5 Å². The highest BCUT2D eigenvalue weighted by Crippen LogP contribution is 2.20. The molecule has 1 aliphatic heterocycles. The second kappa shape index (κ2) is 8.39. The van der Waals surface area contributed by atoms with Crippen LogP contribution in [0.4, 0.5) is 0 Å². The summed E-state index contributed by atoms with van der Waals surface area (Å²) in [7, 11) is 1.61. The lowest BCUT2D eigenvalue weighted by Gasteiger charge is -2.32. The van der Waals surface area contributed by atoms with Crippen molar-refractivity contribution in [3.05, 3.63) is 65.9 Å². The van der Waals surface area contributed by atoms with Crippen molar-refractivity contribution in [3.63, 3.8) is 0 Å². The molecular formula is C23H25N3O3. The molecule has 1 aromatic heterocycles. The van der Waals surface area contributed by atoms with Gasteiger partial charge in [0, 0.05) is 35.6 Å². The lowest BCUT2D eigenvalue weighted by atomic mass is 10.0. The summed E-state index contributed by atoms with van der Waals surface area (Å²) in [5.74, 6) is 0.719. The smallest absolute Gasteiger partial charge is 0.270 e. The molecule has 0 radical (unpaired) electrons. The molecule has 1 fully saturated rings. The van der Waals surface area contributed by atoms with Crippen molar-refractivity contribution in [3.8, 4) is 5.75 Å². The number of likely N-dealkylation sites (tertiary alicyclic amines) is 1. The third-order valence-corrected chi connectivity index (χ3v) is 5.45. The quantitative estimate of drug-likeness (QED) is 0.702. The van der Waals surface area contributed by atoms with Crippen LogP contribution in [0.5, 0.6) is 5.75 Å². The number of benzene rings is 2. The minimum absolute atomic E-state index is 0.0139. The Morgan fingerprint density at radius 2 is 1.83 bits per heavy atom. The number of nitrogens with one attached hydrogen (secondary N) is 2. The number of carbonyl (C=O) groups excluding carboxylic acids is 2. The molecule has 0 spiro atoms. The lowest BCUT2D eigenvalue weighted by Crippen LogP contribution is -2.47. The fraction of sp³-hybridized carbons (Fsp3) is 0.304. The Balaban J connectivity index is 1.31. The fourth-order valence-electron chi connectivity index (χ4n) is 3.89. The van der Waals surface area contributed by atoms with Gasteiger partial charge in [0.05, 0.1) is 13.5 Å². The summed E-state index contributed by atoms with van der Waals surface area (Å²) in [6.45, 7) is 1.27. The minimum atomic E-state index is -0.0186. The van der Waals surface area contributed by atoms with Crippen molar-refractivity contribution < 1.29 is 14.3 Å². The Bertz CT molecular complexity index is 986. The van der Waals surface area contributed by atoms with Gasteiger partial charge in [-0.3, -0.25) is 9.59 Å². The number of fused-ring (bicyclic) bond motifs is 1. The van der Waals surface area contributed by atoms with Crippen LogP contribution >= 0.6 is 0 Å². The van der Waals surface area contributed by atoms with E-state index in [1.165, 1.54) is 0 Å². The summed E-state index contributed by atoms with van der Waals surface area (Å²) >= 11 is 0. The first kappa shape index (κ1) is 19.1. The van der Waals surface area contributed by atoms with Gasteiger partial charge >= 0.3 is 0 Å². The zero-order chi connectivity index (χ0) is 20.2. The standard InChI is InChI=1S/C23H25N3O3/c1-29-21-9-5-3-7-17(21)15-22(27)24-18-10-12-26(13-11-18)23(28)20-14-16-6-2-4-8-19(16)25-20/h2-9,14,18,25H,10-13,15H2,1H3,(H,24,27). The number of H-pyrrole nitrogens is 1. The number of nitrogens with zero attached hydrogens (tertiary/aromatic N) is 1. The molecule has 2 heterocycles. The number of hydrogen-bond donors (Lipinski definition) is 2. The van der Waals surface area contributed by atoms with Crippen molar-refractivity contribution in [1.82, 2.24) is 15.2 Å². The van der Waals surface area contributed by atoms with Crippen LogP contribution in [0.25, 0.3) is 10.9 Å². The van der Waals surface area contributed by atoms with Gasteiger partial charge < -0.3 is 19.9 Å². The van der Waals surface area contributed by atoms with E-state index in [2.05, 4.69) is 10.3 Å². The summed E-state index contributed by atoms with van der Waals surface area (Å²) < 4.78 is 5.31. The van der Waals surface area contributed by atoms with Crippen molar-refractivity contribution >= 4 is 22.7 Å². The molecule has 1 saturated heterocycles. The van der Waals surface area contributed by atoms with E-state index in [9.17, 15) is 9.59 Å². The third-order valence-electron chi connectivity index (χ3n) is 5.45. The second-order valence-corrected chi connectivity index (χ2v) is 7.39. The number of hydrogen-bond acceptors (Lipinski definition) is 3. The monoisotopic (exact) mass is 391 g/mol. The summed E-state index contributed by atoms with van der Waals surface area (Å²) in [4.78, 5) is 30.3. The number of ether oxygens (including phenoxy) is 1. The number of methoxy groups -OCH3 is 1. The maximum Gasteiger partial charge on any atom is 0.270 e. The number of rotatable bonds is 5. The van der Waals surface area contributed by atoms with Crippen LogP contribution in [0, 0.1) is 0 Å². The summed E-state index contributed by atoms with van der Waals surface area (Å²) in [5, 5.41) is 4.14. The van der Waals surface area contributed by atoms with Crippen molar-refractivity contribution in [2.45, 2.75) is 25.3 Å². The van der Waals surface area contributed by atoms with Crippen LogP contribution in [0.1, 0.15) is 28.9 Å². The van der Waals surface area contributed by atoms with Gasteiger partial charge in [-0.1, -0.05) is 36.4 Å². The molecule has 0 atom stereocenters. The average molecular weight is 391 g/mol. The molecule has 0 unspecified atom stereocenters. The molecule has 29 heavy (non-hydrogen) atoms. The SMILES string of the molecule is COc1ccccc1CC(=O)NC1CCN(C(=O)c2cc3ccccc3[nH]2)CC1. The van der Waals surface area contributed by atoms with E-state index in [4.69, 9.17) is 4.74 Å². The highest BCUT2D eigenvalue weighted by molar-refractivity contribution is 5.98. The van der Waals surface area contributed by atoms with E-state index in [1.54, 1.807) is 7.11 Å². The van der Waals surface area contributed by atoms with Crippen LogP contribution in [0.15, 0.2) is 54.6 Å². The van der Waals surface area contributed by atoms with E-state index in [-0.39, 0.29) is 24.3 Å². The van der Waals surface area contributed by atoms with Gasteiger partial charge in [-0.05, 0) is 31.0 Å². The predicted molar refractivity (Wildman–Crippen MR) is 112 cm³/mol. The Labute approximate surface area is 169 Å². The van der Waals surface area contributed by atoms with Crippen molar-refractivity contribution in [1.29, 1.82) is 0 Å². The molecule has 2 aromatic carbocycles. The summed E-state index contributed by atoms with van der Waals surface area (Å²) in [5.41, 5.74) is 2.46. The number of aromatic nitrogens is 1. The molecule has 0 bridgehead atoms. The van der Waals surface area contributed by atoms with Crippen molar-refractivity contribution in [2.24, 2.45) is 0 Å². The number of amides is 2. The van der Waals surface area contributed by atoms with Gasteiger partial charge in [0.25, 0.3) is 5.91 Å². The highest BCUT2D eigenvalue weighted by atomic mass is 16.5. The number of para-hydroxylation sites is 2. The van der Waals surface area contributed by atoms with E-state index < -0.39 is 0 Å². The largest absolute Gasteiger partial charge is 0.496 e. The Morgan fingerprint density at radius 3 is 2.59 bits per heavy atom. The van der Waals surface area contributed by atoms with Gasteiger partial charge in [0.15, 0.2) is 0 Å². The average Bonchev–Trinajstić information content (AvgIpc) is 3.18. The zero-order valence-electron chi connectivity index (χ0n) is 16.5. The molecule has 0 saturated carbocycles. The van der Waals surface area contributed by atoms with E-state index >= 15 is 0 Å². The molecule has 1 aliphatic rings. The van der Waals surface area contributed by atoms with Gasteiger partial charge in [-0.25, -0.2) is 0 Å². The number of aromatic amines is 1. The summed E-state index contributed by atoms with van der Waals surface area (Å²) in [6.07, 6.45) is 1.80. The first-order valence-corrected chi connectivity index (χ1v) is 9.92. The maximum atomic E-state index is 12.8. The lowest BCUT2D eigenvalue weighted by molar-refractivity contribution is -0.121. The molecule has 2 N–H and O–H groups in total. The van der Waals surface area contributed by atoms with Crippen LogP contribution in [-0.2, 0) is 11.2 Å². The van der Waals surface area contributed by atoms with Crippen LogP contribution in [-0.4, -0.2) is 47.9 Å². The predicted octanol–water partition coefficient (Wildman–Crippen LogP) is 3.14. The molecular weight excluding hydrogens is 366 g/mol. The maximum absolute atomic E-state index is 12.8. The van der Waals surface area contributed by atoms with Crippen LogP contribution < -0.4 is 10.1 Å². The van der Waals surface area contributed by atoms with Gasteiger partial charge in [0.2, 0.25) is 5.91 Å². The van der Waals surface area contributed by atoms with Gasteiger partial charge in [0.1, 0.15) is 11.4 Å².